The molecule has 2 heterocycles. The summed E-state index contributed by atoms with van der Waals surface area (Å²) < 4.78 is 19.2. The number of alkyl halides is 1. The fourth-order valence-corrected chi connectivity index (χ4v) is 2.25. The predicted octanol–water partition coefficient (Wildman–Crippen LogP) is -1.85. The Bertz CT molecular complexity index is 676. The summed E-state index contributed by atoms with van der Waals surface area (Å²) in [5.41, 5.74) is 2.92. The average Bonchev–Trinajstić information content (AvgIpc) is 2.75. The molecule has 0 spiro atoms. The van der Waals surface area contributed by atoms with E-state index in [1.807, 2.05) is 0 Å². The summed E-state index contributed by atoms with van der Waals surface area (Å²) in [6.45, 7) is -0.548. The minimum absolute atomic E-state index is 0.0949. The van der Waals surface area contributed by atoms with Crippen molar-refractivity contribution < 1.29 is 24.4 Å². The zero-order valence-electron chi connectivity index (χ0n) is 11.7. The van der Waals surface area contributed by atoms with Gasteiger partial charge >= 0.3 is 5.69 Å². The van der Waals surface area contributed by atoms with E-state index in [9.17, 15) is 24.5 Å². The van der Waals surface area contributed by atoms with Crippen molar-refractivity contribution in [2.75, 3.05) is 19.0 Å². The molecule has 1 aromatic heterocycles. The fraction of sp³-hybridized carbons (Fsp3) is 0.538. The quantitative estimate of drug-likeness (QED) is 0.482. The van der Waals surface area contributed by atoms with E-state index < -0.39 is 43.0 Å². The summed E-state index contributed by atoms with van der Waals surface area (Å²) in [7, 11) is 0. The van der Waals surface area contributed by atoms with E-state index in [0.29, 0.717) is 0 Å². The van der Waals surface area contributed by atoms with Crippen LogP contribution >= 0.6 is 0 Å². The van der Waals surface area contributed by atoms with Gasteiger partial charge in [-0.25, -0.2) is 9.18 Å². The first-order valence-electron chi connectivity index (χ1n) is 6.42. The van der Waals surface area contributed by atoms with E-state index in [2.05, 4.69) is 16.8 Å². The van der Waals surface area contributed by atoms with Gasteiger partial charge in [0.15, 0.2) is 11.8 Å². The van der Waals surface area contributed by atoms with E-state index >= 15 is 0 Å². The number of aliphatic hydroxyl groups is 3. The second-order valence-corrected chi connectivity index (χ2v) is 4.91. The van der Waals surface area contributed by atoms with Gasteiger partial charge in [-0.3, -0.25) is 4.57 Å². The molecular formula is C13H16FN3O5. The Morgan fingerprint density at radius 2 is 2.27 bits per heavy atom. The highest BCUT2D eigenvalue weighted by Crippen LogP contribution is 2.36. The van der Waals surface area contributed by atoms with Gasteiger partial charge in [0.25, 0.3) is 0 Å². The molecule has 1 aliphatic heterocycles. The van der Waals surface area contributed by atoms with E-state index in [1.54, 1.807) is 6.92 Å². The van der Waals surface area contributed by atoms with Crippen molar-refractivity contribution in [2.45, 2.75) is 31.0 Å². The number of nitrogens with two attached hydrogens (primary N) is 1. The van der Waals surface area contributed by atoms with Crippen LogP contribution in [0.4, 0.5) is 10.2 Å². The normalized spacial score (nSPS) is 30.9. The average molecular weight is 313 g/mol. The number of hydrogen-bond donors (Lipinski definition) is 4. The summed E-state index contributed by atoms with van der Waals surface area (Å²) in [5.74, 6) is 5.11. The Hall–Kier alpha value is -1.99. The first-order valence-corrected chi connectivity index (χ1v) is 6.42. The molecule has 1 aliphatic rings. The lowest BCUT2D eigenvalue weighted by atomic mass is 9.98. The molecule has 0 radical (unpaired) electrons. The third kappa shape index (κ3) is 2.46. The SMILES string of the molecule is CC#Cc1cn([C@@H]2O[C@@](CO)(CF)[C@@H](O)[C@H]2O)c(=O)nc1N. The molecular weight excluding hydrogens is 297 g/mol. The number of aliphatic hydroxyl groups excluding tert-OH is 3. The van der Waals surface area contributed by atoms with Crippen LogP contribution in [0, 0.1) is 11.8 Å². The molecule has 120 valence electrons. The summed E-state index contributed by atoms with van der Waals surface area (Å²) in [4.78, 5) is 15.5. The summed E-state index contributed by atoms with van der Waals surface area (Å²) in [6, 6.07) is 0. The third-order valence-electron chi connectivity index (χ3n) is 3.52. The first-order chi connectivity index (χ1) is 10.4. The zero-order chi connectivity index (χ0) is 16.5. The van der Waals surface area contributed by atoms with Crippen LogP contribution in [0.15, 0.2) is 11.0 Å². The van der Waals surface area contributed by atoms with Crippen molar-refractivity contribution in [3.63, 3.8) is 0 Å². The molecule has 22 heavy (non-hydrogen) atoms. The lowest BCUT2D eigenvalue weighted by molar-refractivity contribution is -0.138. The van der Waals surface area contributed by atoms with Crippen molar-refractivity contribution in [2.24, 2.45) is 0 Å². The van der Waals surface area contributed by atoms with Crippen molar-refractivity contribution >= 4 is 5.82 Å². The number of rotatable bonds is 3. The van der Waals surface area contributed by atoms with Crippen molar-refractivity contribution in [1.29, 1.82) is 0 Å². The summed E-state index contributed by atoms with van der Waals surface area (Å²) >= 11 is 0. The minimum atomic E-state index is -2.00. The first kappa shape index (κ1) is 16.4. The van der Waals surface area contributed by atoms with E-state index in [1.165, 1.54) is 6.20 Å². The molecule has 9 heteroatoms. The van der Waals surface area contributed by atoms with Gasteiger partial charge in [-0.2, -0.15) is 4.98 Å². The summed E-state index contributed by atoms with van der Waals surface area (Å²) in [6.07, 6.45) is -3.56. The maximum absolute atomic E-state index is 13.1. The van der Waals surface area contributed by atoms with Gasteiger partial charge in [0.2, 0.25) is 0 Å². The van der Waals surface area contributed by atoms with Gasteiger partial charge in [-0.05, 0) is 6.92 Å². The largest absolute Gasteiger partial charge is 0.393 e. The van der Waals surface area contributed by atoms with Crippen LogP contribution in [0.3, 0.4) is 0 Å². The second-order valence-electron chi connectivity index (χ2n) is 4.91. The smallest absolute Gasteiger partial charge is 0.351 e. The lowest BCUT2D eigenvalue weighted by Gasteiger charge is -2.26. The highest BCUT2D eigenvalue weighted by molar-refractivity contribution is 5.48. The number of halogens is 1. The molecule has 0 saturated carbocycles. The van der Waals surface area contributed by atoms with Crippen LogP contribution in [0.25, 0.3) is 0 Å². The monoisotopic (exact) mass is 313 g/mol. The molecule has 0 bridgehead atoms. The van der Waals surface area contributed by atoms with Gasteiger partial charge in [-0.1, -0.05) is 5.92 Å². The van der Waals surface area contributed by atoms with Crippen LogP contribution in [-0.4, -0.2) is 56.0 Å². The molecule has 0 amide bonds. The van der Waals surface area contributed by atoms with Crippen LogP contribution in [0.2, 0.25) is 0 Å². The Kier molecular flexibility index (Phi) is 4.48. The van der Waals surface area contributed by atoms with E-state index in [4.69, 9.17) is 10.5 Å². The zero-order valence-corrected chi connectivity index (χ0v) is 11.7. The van der Waals surface area contributed by atoms with Crippen molar-refractivity contribution in [3.8, 4) is 11.8 Å². The van der Waals surface area contributed by atoms with Crippen LogP contribution in [0.5, 0.6) is 0 Å². The van der Waals surface area contributed by atoms with E-state index in [0.717, 1.165) is 4.57 Å². The topological polar surface area (TPSA) is 131 Å². The number of nitrogens with zero attached hydrogens (tertiary/aromatic N) is 2. The number of ether oxygens (including phenoxy) is 1. The van der Waals surface area contributed by atoms with E-state index in [-0.39, 0.29) is 11.4 Å². The second kappa shape index (κ2) is 6.02. The highest BCUT2D eigenvalue weighted by Gasteiger charge is 2.55. The minimum Gasteiger partial charge on any atom is -0.393 e. The third-order valence-corrected chi connectivity index (χ3v) is 3.52. The van der Waals surface area contributed by atoms with Gasteiger partial charge in [-0.15, -0.1) is 5.92 Å². The number of aromatic nitrogens is 2. The van der Waals surface area contributed by atoms with Crippen molar-refractivity contribution in [3.05, 3.63) is 22.2 Å². The standard InChI is InChI=1S/C13H16FN3O5/c1-2-3-7-4-17(12(21)16-10(7)15)11-8(19)9(20)13(5-14,6-18)22-11/h4,8-9,11,18-20H,5-6H2,1H3,(H2,15,16,21)/t8-,9+,11-,13-/m1/s1. The molecule has 0 unspecified atom stereocenters. The molecule has 2 rings (SSSR count). The van der Waals surface area contributed by atoms with Crippen LogP contribution in [-0.2, 0) is 4.74 Å². The molecule has 8 nitrogen and oxygen atoms in total. The maximum Gasteiger partial charge on any atom is 0.351 e. The molecule has 4 atom stereocenters. The highest BCUT2D eigenvalue weighted by atomic mass is 19.1. The van der Waals surface area contributed by atoms with Gasteiger partial charge in [0.05, 0.1) is 12.2 Å². The van der Waals surface area contributed by atoms with Crippen molar-refractivity contribution in [1.82, 2.24) is 9.55 Å². The number of nitrogen functional groups attached to an aromatic ring is 1. The molecule has 0 aromatic carbocycles. The molecule has 0 aliphatic carbocycles. The fourth-order valence-electron chi connectivity index (χ4n) is 2.25. The van der Waals surface area contributed by atoms with Gasteiger partial charge in [0.1, 0.15) is 24.7 Å². The lowest BCUT2D eigenvalue weighted by Crippen LogP contribution is -2.48. The van der Waals surface area contributed by atoms with Gasteiger partial charge in [0, 0.05) is 6.20 Å². The Balaban J connectivity index is 2.50. The molecule has 1 aromatic rings. The molecule has 5 N–H and O–H groups in total. The van der Waals surface area contributed by atoms with Crippen LogP contribution < -0.4 is 11.4 Å². The Morgan fingerprint density at radius 1 is 1.59 bits per heavy atom. The number of anilines is 1. The van der Waals surface area contributed by atoms with Gasteiger partial charge < -0.3 is 25.8 Å². The Labute approximate surface area is 125 Å². The van der Waals surface area contributed by atoms with Crippen LogP contribution in [0.1, 0.15) is 18.7 Å². The predicted molar refractivity (Wildman–Crippen MR) is 73.4 cm³/mol. The maximum atomic E-state index is 13.1. The number of hydrogen-bond acceptors (Lipinski definition) is 7. The molecule has 1 fully saturated rings. The summed E-state index contributed by atoms with van der Waals surface area (Å²) in [5, 5.41) is 29.2. The molecule has 1 saturated heterocycles. The Morgan fingerprint density at radius 3 is 2.77 bits per heavy atom.